The molecule has 0 bridgehead atoms. The Balaban J connectivity index is 0. The molecule has 0 fully saturated rings. The second kappa shape index (κ2) is 497. The minimum atomic E-state index is 0. The first-order valence-corrected chi connectivity index (χ1v) is 0. The van der Waals surface area contributed by atoms with E-state index in [9.17, 15) is 0 Å². The van der Waals surface area contributed by atoms with E-state index in [1.165, 1.54) is 0 Å². The average molecular weight is 1070 g/mol. The summed E-state index contributed by atoms with van der Waals surface area (Å²) in [6, 6.07) is 0. The van der Waals surface area contributed by atoms with E-state index in [0.717, 1.165) is 0 Å². The molecular formula is H37Cl25Mg6. The van der Waals surface area contributed by atoms with Crippen LogP contribution in [0.25, 0.3) is 0 Å². The van der Waals surface area contributed by atoms with Crippen LogP contribution in [-0.2, 0) is 0 Å². The Morgan fingerprint density at radius 3 is 0.0645 bits per heavy atom. The first-order valence-electron chi connectivity index (χ1n) is 0. The van der Waals surface area contributed by atoms with Gasteiger partial charge in [-0.1, -0.05) is 0 Å². The Hall–Kier alpha value is 11.8. The molecule has 0 aromatic heterocycles. The smallest absolute Gasteiger partial charge is 0.147 e. The normalized spacial score (nSPS) is 0. The number of hydrogen-bond acceptors (Lipinski definition) is 0. The van der Waals surface area contributed by atoms with Crippen LogP contribution in [0, 0.1) is 0 Å². The van der Waals surface area contributed by atoms with Gasteiger partial charge in [0.1, 0.15) is 0 Å². The van der Waals surface area contributed by atoms with E-state index < -0.39 is 0 Å². The summed E-state index contributed by atoms with van der Waals surface area (Å²) in [6.45, 7) is 0. The maximum atomic E-state index is 0. The predicted molar refractivity (Wildman–Crippen MR) is 232 cm³/mol. The third-order valence-electron chi connectivity index (χ3n) is 0. The van der Waals surface area contributed by atoms with Crippen molar-refractivity contribution in [2.75, 3.05) is 0 Å². The highest BCUT2D eigenvalue weighted by molar-refractivity contribution is 5.88. The molecule has 0 N–H and O–H groups in total. The molecule has 31 heteroatoms. The van der Waals surface area contributed by atoms with E-state index >= 15 is 0 Å². The van der Waals surface area contributed by atoms with Gasteiger partial charge in [0.2, 0.25) is 0 Å². The Morgan fingerprint density at radius 2 is 0.0645 bits per heavy atom. The number of halogens is 25. The molecule has 31 heavy (non-hydrogen) atoms. The fourth-order valence-corrected chi connectivity index (χ4v) is 0. The van der Waals surface area contributed by atoms with Crippen LogP contribution in [0.2, 0.25) is 0 Å². The third kappa shape index (κ3) is 473. The van der Waals surface area contributed by atoms with Gasteiger partial charge >= 0.3 is 138 Å². The van der Waals surface area contributed by atoms with Crippen molar-refractivity contribution in [2.24, 2.45) is 0 Å². The molecule has 0 spiro atoms. The summed E-state index contributed by atoms with van der Waals surface area (Å²) >= 11 is 0. The molecule has 0 atom stereocenters. The summed E-state index contributed by atoms with van der Waals surface area (Å²) < 4.78 is 0. The van der Waals surface area contributed by atoms with Gasteiger partial charge in [0.15, 0.2) is 0 Å². The van der Waals surface area contributed by atoms with Crippen LogP contribution in [0.1, 0.15) is 0 Å². The fourth-order valence-electron chi connectivity index (χ4n) is 0. The van der Waals surface area contributed by atoms with Crippen LogP contribution in [0.5, 0.6) is 0 Å². The van der Waals surface area contributed by atoms with Gasteiger partial charge in [-0.15, -0.1) is 310 Å². The summed E-state index contributed by atoms with van der Waals surface area (Å²) in [5.74, 6) is 0. The lowest BCUT2D eigenvalue weighted by Gasteiger charge is -0.148. The lowest BCUT2D eigenvalue weighted by Crippen LogP contribution is -0.382. The largest absolute Gasteiger partial charge is 0.316 e. The molecule has 0 heterocycles. The van der Waals surface area contributed by atoms with Crippen molar-refractivity contribution >= 4 is 448 Å². The quantitative estimate of drug-likeness (QED) is 0.299. The molecule has 0 amide bonds. The standard InChI is InChI=1S/25ClH.6Mg.12H/h25*1H;;;;;;;;;;;;;;;;;;. The first-order chi connectivity index (χ1) is 0. The van der Waals surface area contributed by atoms with Gasteiger partial charge in [-0.2, -0.15) is 0 Å². The van der Waals surface area contributed by atoms with Gasteiger partial charge in [-0.25, -0.2) is 0 Å². The third-order valence-corrected chi connectivity index (χ3v) is 0. The lowest BCUT2D eigenvalue weighted by atomic mass is 24.3. The molecular weight excluding hydrogens is 1030 g/mol. The van der Waals surface area contributed by atoms with Crippen LogP contribution in [-0.4, -0.2) is 138 Å². The first kappa shape index (κ1) is 535. The highest BCUT2D eigenvalue weighted by Crippen LogP contribution is 0.714. The topological polar surface area (TPSA) is 0 Å². The van der Waals surface area contributed by atoms with Crippen LogP contribution >= 0.6 is 310 Å². The maximum absolute atomic E-state index is 0. The number of hydrogen-bond donors (Lipinski definition) is 0. The minimum Gasteiger partial charge on any atom is -0.147 e. The van der Waals surface area contributed by atoms with Crippen molar-refractivity contribution in [3.05, 3.63) is 0 Å². The van der Waals surface area contributed by atoms with Gasteiger partial charge in [0.05, 0.1) is 0 Å². The van der Waals surface area contributed by atoms with E-state index in [1.54, 1.807) is 0 Å². The maximum Gasteiger partial charge on any atom is 0.316 e. The van der Waals surface area contributed by atoms with Crippen molar-refractivity contribution in [3.63, 3.8) is 0 Å². The van der Waals surface area contributed by atoms with Gasteiger partial charge in [-0.3, -0.25) is 0 Å². The summed E-state index contributed by atoms with van der Waals surface area (Å²) in [5.41, 5.74) is 0. The van der Waals surface area contributed by atoms with Gasteiger partial charge in [-0.05, 0) is 0 Å². The molecule has 0 nitrogen and oxygen atoms in total. The zero-order valence-corrected chi connectivity index (χ0v) is 30.6. The van der Waals surface area contributed by atoms with E-state index in [2.05, 4.69) is 0 Å². The van der Waals surface area contributed by atoms with E-state index in [0.29, 0.717) is 0 Å². The molecule has 0 aromatic carbocycles. The molecule has 0 saturated carbocycles. The molecule has 0 aliphatic heterocycles. The van der Waals surface area contributed by atoms with E-state index in [4.69, 9.17) is 0 Å². The summed E-state index contributed by atoms with van der Waals surface area (Å²) in [5, 5.41) is 0. The minimum absolute atomic E-state index is 0. The molecule has 0 unspecified atom stereocenters. The molecule has 0 aliphatic carbocycles. The monoisotopic (exact) mass is 1060 g/mol. The SMILES string of the molecule is Cl.Cl.Cl.Cl.Cl.Cl.Cl.Cl.Cl.Cl.Cl.Cl.Cl.Cl.Cl.Cl.Cl.Cl.Cl.Cl.Cl.Cl.Cl.Cl.Cl.[MgH2].[MgH2].[MgH2].[MgH2].[MgH2].[MgH2]. The Bertz CT molecular complexity index is 22.0. The molecule has 0 radical (unpaired) electrons. The van der Waals surface area contributed by atoms with Crippen molar-refractivity contribution in [1.82, 2.24) is 0 Å². The second-order valence-corrected chi connectivity index (χ2v) is 0. The summed E-state index contributed by atoms with van der Waals surface area (Å²) in [6.07, 6.45) is 0. The van der Waals surface area contributed by atoms with Gasteiger partial charge in [0.25, 0.3) is 0 Å². The highest BCUT2D eigenvalue weighted by Gasteiger charge is 0.322. The average Bonchev–Trinajstić information content (AvgIpc) is 0. The summed E-state index contributed by atoms with van der Waals surface area (Å²) in [4.78, 5) is 0. The Labute approximate surface area is 439 Å². The Morgan fingerprint density at radius 1 is 0.0645 bits per heavy atom. The Kier molecular flexibility index (Phi) is 8580. The van der Waals surface area contributed by atoms with Crippen LogP contribution < -0.4 is 0 Å². The van der Waals surface area contributed by atoms with Gasteiger partial charge in [0, 0.05) is 0 Å². The van der Waals surface area contributed by atoms with Crippen LogP contribution in [0.4, 0.5) is 0 Å². The van der Waals surface area contributed by atoms with E-state index in [-0.39, 0.29) is 448 Å². The molecule has 224 valence electrons. The van der Waals surface area contributed by atoms with Crippen LogP contribution in [0.3, 0.4) is 0 Å². The molecule has 0 aliphatic rings. The van der Waals surface area contributed by atoms with Crippen LogP contribution in [0.15, 0.2) is 0 Å². The lowest BCUT2D eigenvalue weighted by molar-refractivity contribution is 5.75. The van der Waals surface area contributed by atoms with Gasteiger partial charge < -0.3 is 0 Å². The second-order valence-electron chi connectivity index (χ2n) is 0. The fraction of sp³-hybridized carbons (Fsp3) is 0. The van der Waals surface area contributed by atoms with Crippen molar-refractivity contribution in [1.29, 1.82) is 0 Å². The van der Waals surface area contributed by atoms with Crippen molar-refractivity contribution < 1.29 is 0 Å². The van der Waals surface area contributed by atoms with Crippen molar-refractivity contribution in [2.45, 2.75) is 0 Å². The zero-order valence-electron chi connectivity index (χ0n) is 10.2. The van der Waals surface area contributed by atoms with Crippen molar-refractivity contribution in [3.8, 4) is 0 Å². The summed E-state index contributed by atoms with van der Waals surface area (Å²) in [7, 11) is 0. The molecule has 0 rings (SSSR count). The molecule has 0 saturated heterocycles. The predicted octanol–water partition coefficient (Wildman–Crippen LogP) is 5.05. The highest BCUT2D eigenvalue weighted by atomic mass is 35.5. The molecule has 0 aromatic rings. The van der Waals surface area contributed by atoms with E-state index in [1.807, 2.05) is 0 Å². The zero-order chi connectivity index (χ0) is 0. The number of rotatable bonds is 0.